The van der Waals surface area contributed by atoms with Crippen molar-refractivity contribution in [3.8, 4) is 0 Å². The highest BCUT2D eigenvalue weighted by Crippen LogP contribution is 2.23. The Labute approximate surface area is 101 Å². The minimum Gasteiger partial charge on any atom is -0.355 e. The first-order valence-corrected chi connectivity index (χ1v) is 6.42. The van der Waals surface area contributed by atoms with Crippen LogP contribution in [0.1, 0.15) is 6.92 Å². The molecule has 0 aliphatic rings. The molecule has 0 atom stereocenters. The van der Waals surface area contributed by atoms with Crippen LogP contribution >= 0.6 is 11.8 Å². The van der Waals surface area contributed by atoms with Gasteiger partial charge in [-0.1, -0.05) is 31.2 Å². The molecule has 2 aromatic rings. The molecule has 0 saturated carbocycles. The Morgan fingerprint density at radius 2 is 1.69 bits per heavy atom. The van der Waals surface area contributed by atoms with Gasteiger partial charge >= 0.3 is 0 Å². The highest BCUT2D eigenvalue weighted by atomic mass is 32.2. The Kier molecular flexibility index (Phi) is 3.89. The Bertz CT molecular complexity index is 439. The molecule has 0 heterocycles. The van der Waals surface area contributed by atoms with Crippen molar-refractivity contribution < 1.29 is 0 Å². The van der Waals surface area contributed by atoms with Crippen molar-refractivity contribution in [2.45, 2.75) is 11.8 Å². The number of para-hydroxylation sites is 1. The van der Waals surface area contributed by atoms with Gasteiger partial charge in [0.2, 0.25) is 0 Å². The summed E-state index contributed by atoms with van der Waals surface area (Å²) in [6, 6.07) is 18.7. The van der Waals surface area contributed by atoms with Crippen molar-refractivity contribution in [1.82, 2.24) is 0 Å². The van der Waals surface area contributed by atoms with E-state index in [0.717, 1.165) is 17.1 Å². The van der Waals surface area contributed by atoms with E-state index in [-0.39, 0.29) is 0 Å². The van der Waals surface area contributed by atoms with Gasteiger partial charge in [0.15, 0.2) is 0 Å². The quantitative estimate of drug-likeness (QED) is 0.772. The molecule has 0 spiro atoms. The highest BCUT2D eigenvalue weighted by molar-refractivity contribution is 7.99. The summed E-state index contributed by atoms with van der Waals surface area (Å²) in [5, 5.41) is 3.39. The van der Waals surface area contributed by atoms with Gasteiger partial charge in [-0.15, -0.1) is 11.8 Å². The first kappa shape index (κ1) is 11.1. The number of rotatable bonds is 4. The summed E-state index contributed by atoms with van der Waals surface area (Å²) < 4.78 is 0. The van der Waals surface area contributed by atoms with Crippen LogP contribution in [0.2, 0.25) is 0 Å². The van der Waals surface area contributed by atoms with Crippen molar-refractivity contribution in [3.63, 3.8) is 0 Å². The van der Waals surface area contributed by atoms with E-state index >= 15 is 0 Å². The first-order valence-electron chi connectivity index (χ1n) is 5.43. The van der Waals surface area contributed by atoms with E-state index in [4.69, 9.17) is 0 Å². The average Bonchev–Trinajstić information content (AvgIpc) is 2.31. The third-order valence-electron chi connectivity index (χ3n) is 2.21. The summed E-state index contributed by atoms with van der Waals surface area (Å²) in [4.78, 5) is 1.31. The normalized spacial score (nSPS) is 10.1. The van der Waals surface area contributed by atoms with Crippen LogP contribution < -0.4 is 5.32 Å². The molecule has 0 aromatic heterocycles. The van der Waals surface area contributed by atoms with Crippen molar-refractivity contribution >= 4 is 23.1 Å². The van der Waals surface area contributed by atoms with Crippen LogP contribution in [-0.4, -0.2) is 5.75 Å². The molecule has 1 nitrogen and oxygen atoms in total. The van der Waals surface area contributed by atoms with Gasteiger partial charge < -0.3 is 5.32 Å². The van der Waals surface area contributed by atoms with Crippen LogP contribution in [0.4, 0.5) is 11.4 Å². The van der Waals surface area contributed by atoms with Gasteiger partial charge in [-0.25, -0.2) is 0 Å². The van der Waals surface area contributed by atoms with Crippen LogP contribution in [0.3, 0.4) is 0 Å². The lowest BCUT2D eigenvalue weighted by Crippen LogP contribution is -1.89. The molecule has 0 fully saturated rings. The van der Waals surface area contributed by atoms with Gasteiger partial charge in [0.25, 0.3) is 0 Å². The Hall–Kier alpha value is -1.41. The predicted octanol–water partition coefficient (Wildman–Crippen LogP) is 4.54. The molecule has 16 heavy (non-hydrogen) atoms. The van der Waals surface area contributed by atoms with Crippen molar-refractivity contribution in [3.05, 3.63) is 54.6 Å². The second kappa shape index (κ2) is 5.61. The molecule has 2 aromatic carbocycles. The Balaban J connectivity index is 2.12. The molecule has 0 aliphatic heterocycles. The number of anilines is 2. The molecule has 82 valence electrons. The summed E-state index contributed by atoms with van der Waals surface area (Å²) in [7, 11) is 0. The molecule has 2 heteroatoms. The van der Waals surface area contributed by atoms with Gasteiger partial charge in [-0.3, -0.25) is 0 Å². The molecule has 0 saturated heterocycles. The largest absolute Gasteiger partial charge is 0.355 e. The monoisotopic (exact) mass is 229 g/mol. The van der Waals surface area contributed by atoms with E-state index in [1.807, 2.05) is 30.0 Å². The lowest BCUT2D eigenvalue weighted by Gasteiger charge is -2.07. The second-order valence-corrected chi connectivity index (χ2v) is 4.79. The number of benzene rings is 2. The zero-order chi connectivity index (χ0) is 11.2. The van der Waals surface area contributed by atoms with Crippen LogP contribution in [0.5, 0.6) is 0 Å². The Morgan fingerprint density at radius 3 is 2.44 bits per heavy atom. The molecule has 0 bridgehead atoms. The van der Waals surface area contributed by atoms with Gasteiger partial charge in [0, 0.05) is 16.3 Å². The fourth-order valence-electron chi connectivity index (χ4n) is 1.52. The van der Waals surface area contributed by atoms with Gasteiger partial charge in [0.05, 0.1) is 0 Å². The standard InChI is InChI=1S/C14H15NS/c1-2-16-14-10-6-9-13(11-14)15-12-7-4-3-5-8-12/h3-11,15H,2H2,1H3. The van der Waals surface area contributed by atoms with Crippen LogP contribution in [-0.2, 0) is 0 Å². The Morgan fingerprint density at radius 1 is 0.938 bits per heavy atom. The summed E-state index contributed by atoms with van der Waals surface area (Å²) in [6.07, 6.45) is 0. The zero-order valence-corrected chi connectivity index (χ0v) is 10.1. The lowest BCUT2D eigenvalue weighted by atomic mass is 10.3. The second-order valence-electron chi connectivity index (χ2n) is 3.45. The van der Waals surface area contributed by atoms with E-state index in [9.17, 15) is 0 Å². The topological polar surface area (TPSA) is 12.0 Å². The van der Waals surface area contributed by atoms with E-state index in [1.54, 1.807) is 0 Å². The number of thioether (sulfide) groups is 1. The highest BCUT2D eigenvalue weighted by Gasteiger charge is 1.96. The number of nitrogens with one attached hydrogen (secondary N) is 1. The molecular formula is C14H15NS. The molecule has 0 amide bonds. The number of hydrogen-bond acceptors (Lipinski definition) is 2. The fourth-order valence-corrected chi connectivity index (χ4v) is 2.24. The molecule has 0 radical (unpaired) electrons. The van der Waals surface area contributed by atoms with Crippen molar-refractivity contribution in [1.29, 1.82) is 0 Å². The van der Waals surface area contributed by atoms with E-state index < -0.39 is 0 Å². The zero-order valence-electron chi connectivity index (χ0n) is 9.31. The van der Waals surface area contributed by atoms with E-state index in [2.05, 4.69) is 48.6 Å². The molecule has 0 aliphatic carbocycles. The molecule has 2 rings (SSSR count). The smallest absolute Gasteiger partial charge is 0.0395 e. The van der Waals surface area contributed by atoms with E-state index in [1.165, 1.54) is 4.90 Å². The van der Waals surface area contributed by atoms with Crippen LogP contribution in [0.25, 0.3) is 0 Å². The maximum Gasteiger partial charge on any atom is 0.0395 e. The maximum atomic E-state index is 3.39. The average molecular weight is 229 g/mol. The van der Waals surface area contributed by atoms with Gasteiger partial charge in [-0.05, 0) is 36.1 Å². The first-order chi connectivity index (χ1) is 7.88. The SMILES string of the molecule is CCSc1cccc(Nc2ccccc2)c1. The van der Waals surface area contributed by atoms with E-state index in [0.29, 0.717) is 0 Å². The molecule has 1 N–H and O–H groups in total. The lowest BCUT2D eigenvalue weighted by molar-refractivity contribution is 1.41. The third-order valence-corrected chi connectivity index (χ3v) is 3.08. The molecular weight excluding hydrogens is 214 g/mol. The summed E-state index contributed by atoms with van der Waals surface area (Å²) in [5.41, 5.74) is 2.27. The van der Waals surface area contributed by atoms with Crippen molar-refractivity contribution in [2.75, 3.05) is 11.1 Å². The van der Waals surface area contributed by atoms with Crippen LogP contribution in [0, 0.1) is 0 Å². The van der Waals surface area contributed by atoms with Gasteiger partial charge in [-0.2, -0.15) is 0 Å². The van der Waals surface area contributed by atoms with Crippen molar-refractivity contribution in [2.24, 2.45) is 0 Å². The predicted molar refractivity (Wildman–Crippen MR) is 72.6 cm³/mol. The summed E-state index contributed by atoms with van der Waals surface area (Å²) >= 11 is 1.86. The number of hydrogen-bond donors (Lipinski definition) is 1. The molecule has 0 unspecified atom stereocenters. The fraction of sp³-hybridized carbons (Fsp3) is 0.143. The minimum absolute atomic E-state index is 1.11. The minimum atomic E-state index is 1.11. The summed E-state index contributed by atoms with van der Waals surface area (Å²) in [6.45, 7) is 2.17. The maximum absolute atomic E-state index is 3.39. The van der Waals surface area contributed by atoms with Gasteiger partial charge in [0.1, 0.15) is 0 Å². The van der Waals surface area contributed by atoms with Crippen LogP contribution in [0.15, 0.2) is 59.5 Å². The third kappa shape index (κ3) is 3.04. The summed E-state index contributed by atoms with van der Waals surface area (Å²) in [5.74, 6) is 1.11.